The van der Waals surface area contributed by atoms with Gasteiger partial charge in [-0.15, -0.1) is 0 Å². The fraction of sp³-hybridized carbons (Fsp3) is 0.176. The number of nitro groups is 1. The van der Waals surface area contributed by atoms with Crippen molar-refractivity contribution in [3.05, 3.63) is 68.0 Å². The van der Waals surface area contributed by atoms with Crippen LogP contribution in [0.25, 0.3) is 0 Å². The number of benzene rings is 2. The normalized spacial score (nSPS) is 10.3. The lowest BCUT2D eigenvalue weighted by Crippen LogP contribution is -2.22. The number of carbonyl (C=O) groups excluding carboxylic acids is 2. The van der Waals surface area contributed by atoms with Crippen LogP contribution in [0.5, 0.6) is 0 Å². The second-order valence-corrected chi connectivity index (χ2v) is 5.84. The summed E-state index contributed by atoms with van der Waals surface area (Å²) >= 11 is 5.60. The monoisotopic (exact) mass is 380 g/mol. The molecule has 0 spiro atoms. The zero-order valence-electron chi connectivity index (χ0n) is 13.8. The Morgan fingerprint density at radius 3 is 2.58 bits per heavy atom. The van der Waals surface area contributed by atoms with Crippen molar-refractivity contribution < 1.29 is 23.6 Å². The number of nitro benzene ring substituents is 1. The molecule has 0 aliphatic carbocycles. The average molecular weight is 381 g/mol. The van der Waals surface area contributed by atoms with Gasteiger partial charge in [0.15, 0.2) is 6.61 Å². The summed E-state index contributed by atoms with van der Waals surface area (Å²) in [4.78, 5) is 34.3. The largest absolute Gasteiger partial charge is 0.452 e. The maximum absolute atomic E-state index is 13.7. The number of halogens is 2. The SMILES string of the molecule is Cc1ccc([N+](=O)[O-])c(NC(=O)COC(=O)c2ccc(Cl)cc2F)c1C. The molecule has 0 saturated heterocycles. The first kappa shape index (κ1) is 19.3. The van der Waals surface area contributed by atoms with Crippen LogP contribution in [0.3, 0.4) is 0 Å². The van der Waals surface area contributed by atoms with Gasteiger partial charge in [-0.2, -0.15) is 0 Å². The van der Waals surface area contributed by atoms with E-state index >= 15 is 0 Å². The van der Waals surface area contributed by atoms with E-state index in [1.807, 2.05) is 0 Å². The highest BCUT2D eigenvalue weighted by atomic mass is 35.5. The standard InChI is InChI=1S/C17H14ClFN2O5/c1-9-3-6-14(21(24)25)16(10(9)2)20-15(22)8-26-17(23)12-5-4-11(18)7-13(12)19/h3-7H,8H2,1-2H3,(H,20,22). The van der Waals surface area contributed by atoms with Crippen LogP contribution >= 0.6 is 11.6 Å². The van der Waals surface area contributed by atoms with E-state index in [1.165, 1.54) is 12.1 Å². The summed E-state index contributed by atoms with van der Waals surface area (Å²) in [6, 6.07) is 6.21. The Balaban J connectivity index is 2.09. The molecule has 7 nitrogen and oxygen atoms in total. The Kier molecular flexibility index (Phi) is 5.89. The van der Waals surface area contributed by atoms with Crippen LogP contribution in [-0.2, 0) is 9.53 Å². The van der Waals surface area contributed by atoms with Crippen LogP contribution in [0.15, 0.2) is 30.3 Å². The van der Waals surface area contributed by atoms with Crippen molar-refractivity contribution in [3.8, 4) is 0 Å². The van der Waals surface area contributed by atoms with Gasteiger partial charge in [-0.1, -0.05) is 17.7 Å². The number of amides is 1. The Labute approximate surface area is 152 Å². The van der Waals surface area contributed by atoms with Gasteiger partial charge in [0.05, 0.1) is 10.5 Å². The molecule has 0 atom stereocenters. The lowest BCUT2D eigenvalue weighted by Gasteiger charge is -2.11. The molecule has 0 saturated carbocycles. The van der Waals surface area contributed by atoms with Gasteiger partial charge in [0.1, 0.15) is 11.5 Å². The predicted octanol–water partition coefficient (Wildman–Crippen LogP) is 3.80. The Morgan fingerprint density at radius 1 is 1.27 bits per heavy atom. The number of rotatable bonds is 5. The van der Waals surface area contributed by atoms with Gasteiger partial charge < -0.3 is 10.1 Å². The second-order valence-electron chi connectivity index (χ2n) is 5.41. The number of hydrogen-bond acceptors (Lipinski definition) is 5. The maximum atomic E-state index is 13.7. The lowest BCUT2D eigenvalue weighted by molar-refractivity contribution is -0.384. The van der Waals surface area contributed by atoms with E-state index in [4.69, 9.17) is 16.3 Å². The van der Waals surface area contributed by atoms with Crippen LogP contribution in [0, 0.1) is 29.8 Å². The summed E-state index contributed by atoms with van der Waals surface area (Å²) in [5.41, 5.74) is 0.624. The van der Waals surface area contributed by atoms with Gasteiger partial charge in [-0.05, 0) is 43.2 Å². The molecule has 0 heterocycles. The zero-order valence-corrected chi connectivity index (χ0v) is 14.6. The molecular formula is C17H14ClFN2O5. The molecule has 0 aliphatic rings. The highest BCUT2D eigenvalue weighted by molar-refractivity contribution is 6.30. The third-order valence-electron chi connectivity index (χ3n) is 3.66. The van der Waals surface area contributed by atoms with E-state index in [2.05, 4.69) is 5.32 Å². The molecule has 2 rings (SSSR count). The third-order valence-corrected chi connectivity index (χ3v) is 3.90. The van der Waals surface area contributed by atoms with Crippen LogP contribution < -0.4 is 5.32 Å². The molecule has 0 fully saturated rings. The first-order valence-electron chi connectivity index (χ1n) is 7.37. The van der Waals surface area contributed by atoms with Crippen molar-refractivity contribution in [2.75, 3.05) is 11.9 Å². The summed E-state index contributed by atoms with van der Waals surface area (Å²) in [7, 11) is 0. The number of aryl methyl sites for hydroxylation is 1. The van der Waals surface area contributed by atoms with Crippen molar-refractivity contribution >= 4 is 34.9 Å². The van der Waals surface area contributed by atoms with Crippen LogP contribution in [0.4, 0.5) is 15.8 Å². The molecule has 9 heteroatoms. The number of anilines is 1. The molecule has 1 amide bonds. The first-order chi connectivity index (χ1) is 12.2. The van der Waals surface area contributed by atoms with E-state index in [0.29, 0.717) is 5.56 Å². The van der Waals surface area contributed by atoms with Crippen molar-refractivity contribution in [1.29, 1.82) is 0 Å². The van der Waals surface area contributed by atoms with Crippen molar-refractivity contribution in [3.63, 3.8) is 0 Å². The van der Waals surface area contributed by atoms with Gasteiger partial charge in [0.25, 0.3) is 11.6 Å². The number of hydrogen-bond donors (Lipinski definition) is 1. The van der Waals surface area contributed by atoms with Gasteiger partial charge >= 0.3 is 5.97 Å². The van der Waals surface area contributed by atoms with Crippen molar-refractivity contribution in [1.82, 2.24) is 0 Å². The Morgan fingerprint density at radius 2 is 1.96 bits per heavy atom. The number of carbonyl (C=O) groups is 2. The quantitative estimate of drug-likeness (QED) is 0.483. The fourth-order valence-electron chi connectivity index (χ4n) is 2.15. The first-order valence-corrected chi connectivity index (χ1v) is 7.75. The summed E-state index contributed by atoms with van der Waals surface area (Å²) in [6.07, 6.45) is 0. The van der Waals surface area contributed by atoms with E-state index < -0.39 is 29.2 Å². The highest BCUT2D eigenvalue weighted by Gasteiger charge is 2.21. The van der Waals surface area contributed by atoms with E-state index in [9.17, 15) is 24.1 Å². The van der Waals surface area contributed by atoms with Gasteiger partial charge in [-0.3, -0.25) is 14.9 Å². The van der Waals surface area contributed by atoms with Crippen molar-refractivity contribution in [2.24, 2.45) is 0 Å². The summed E-state index contributed by atoms with van der Waals surface area (Å²) in [5.74, 6) is -2.72. The molecule has 0 bridgehead atoms. The maximum Gasteiger partial charge on any atom is 0.341 e. The minimum absolute atomic E-state index is 0.0220. The summed E-state index contributed by atoms with van der Waals surface area (Å²) in [6.45, 7) is 2.62. The molecule has 0 aliphatic heterocycles. The Hall–Kier alpha value is -3.00. The minimum Gasteiger partial charge on any atom is -0.452 e. The molecule has 1 N–H and O–H groups in total. The fourth-order valence-corrected chi connectivity index (χ4v) is 2.31. The number of nitrogens with zero attached hydrogens (tertiary/aromatic N) is 1. The smallest absolute Gasteiger partial charge is 0.341 e. The summed E-state index contributed by atoms with van der Waals surface area (Å²) in [5, 5.41) is 13.6. The van der Waals surface area contributed by atoms with E-state index in [-0.39, 0.29) is 22.0 Å². The molecule has 2 aromatic rings. The molecule has 0 aromatic heterocycles. The van der Waals surface area contributed by atoms with E-state index in [0.717, 1.165) is 17.7 Å². The number of esters is 1. The molecule has 26 heavy (non-hydrogen) atoms. The summed E-state index contributed by atoms with van der Waals surface area (Å²) < 4.78 is 18.4. The molecule has 2 aromatic carbocycles. The highest BCUT2D eigenvalue weighted by Crippen LogP contribution is 2.30. The van der Waals surface area contributed by atoms with Gasteiger partial charge in [0.2, 0.25) is 0 Å². The van der Waals surface area contributed by atoms with Gasteiger partial charge in [-0.25, -0.2) is 9.18 Å². The third kappa shape index (κ3) is 4.34. The van der Waals surface area contributed by atoms with Crippen molar-refractivity contribution in [2.45, 2.75) is 13.8 Å². The second kappa shape index (κ2) is 7.92. The van der Waals surface area contributed by atoms with Gasteiger partial charge in [0, 0.05) is 11.1 Å². The van der Waals surface area contributed by atoms with Crippen LogP contribution in [0.2, 0.25) is 5.02 Å². The zero-order chi connectivity index (χ0) is 19.4. The molecular weight excluding hydrogens is 367 g/mol. The molecule has 0 radical (unpaired) electrons. The Bertz CT molecular complexity index is 901. The van der Waals surface area contributed by atoms with Crippen LogP contribution in [0.1, 0.15) is 21.5 Å². The van der Waals surface area contributed by atoms with Crippen LogP contribution in [-0.4, -0.2) is 23.4 Å². The van der Waals surface area contributed by atoms with E-state index in [1.54, 1.807) is 19.9 Å². The topological polar surface area (TPSA) is 98.5 Å². The average Bonchev–Trinajstić information content (AvgIpc) is 2.56. The lowest BCUT2D eigenvalue weighted by atomic mass is 10.1. The number of nitrogens with one attached hydrogen (secondary N) is 1. The minimum atomic E-state index is -1.05. The number of ether oxygens (including phenoxy) is 1. The predicted molar refractivity (Wildman–Crippen MR) is 92.9 cm³/mol. The molecule has 136 valence electrons. The molecule has 0 unspecified atom stereocenters.